The zero-order chi connectivity index (χ0) is 18.9. The zero-order valence-corrected chi connectivity index (χ0v) is 16.2. The van der Waals surface area contributed by atoms with Crippen LogP contribution in [-0.4, -0.2) is 23.1 Å². The number of amides is 1. The van der Waals surface area contributed by atoms with E-state index in [1.165, 1.54) is 5.56 Å². The van der Waals surface area contributed by atoms with Crippen molar-refractivity contribution in [2.45, 2.75) is 52.7 Å². The molecule has 4 nitrogen and oxygen atoms in total. The first-order valence-electron chi connectivity index (χ1n) is 9.07. The predicted octanol–water partition coefficient (Wildman–Crippen LogP) is 5.78. The SMILES string of the molecule is Cc1ccc(Oc2ccc(C)cc2C2CCN2C(=O)OC(C)(C)C)cc1. The van der Waals surface area contributed by atoms with Crippen LogP contribution in [0.15, 0.2) is 42.5 Å². The number of benzene rings is 2. The molecule has 1 amide bonds. The summed E-state index contributed by atoms with van der Waals surface area (Å²) in [5.41, 5.74) is 2.87. The number of likely N-dealkylation sites (tertiary alicyclic amines) is 1. The van der Waals surface area contributed by atoms with Gasteiger partial charge < -0.3 is 14.4 Å². The number of carbonyl (C=O) groups excluding carboxylic acids is 1. The van der Waals surface area contributed by atoms with Gasteiger partial charge in [0.2, 0.25) is 0 Å². The first-order chi connectivity index (χ1) is 12.2. The van der Waals surface area contributed by atoms with Gasteiger partial charge in [0, 0.05) is 12.1 Å². The molecule has 1 aliphatic heterocycles. The van der Waals surface area contributed by atoms with Crippen molar-refractivity contribution in [1.29, 1.82) is 0 Å². The summed E-state index contributed by atoms with van der Waals surface area (Å²) in [7, 11) is 0. The average molecular weight is 353 g/mol. The van der Waals surface area contributed by atoms with Gasteiger partial charge in [-0.3, -0.25) is 0 Å². The summed E-state index contributed by atoms with van der Waals surface area (Å²) < 4.78 is 11.7. The molecule has 1 saturated heterocycles. The van der Waals surface area contributed by atoms with Gasteiger partial charge in [0.15, 0.2) is 0 Å². The van der Waals surface area contributed by atoms with Crippen molar-refractivity contribution in [2.75, 3.05) is 6.54 Å². The Bertz CT molecular complexity index is 790. The molecule has 2 aromatic rings. The molecule has 0 radical (unpaired) electrons. The largest absolute Gasteiger partial charge is 0.457 e. The lowest BCUT2D eigenvalue weighted by molar-refractivity contribution is -0.00602. The van der Waals surface area contributed by atoms with E-state index in [9.17, 15) is 4.79 Å². The first kappa shape index (κ1) is 18.3. The molecule has 0 aromatic heterocycles. The number of carbonyl (C=O) groups is 1. The molecule has 0 N–H and O–H groups in total. The van der Waals surface area contributed by atoms with Crippen LogP contribution >= 0.6 is 0 Å². The van der Waals surface area contributed by atoms with Crippen LogP contribution < -0.4 is 4.74 Å². The fraction of sp³-hybridized carbons (Fsp3) is 0.409. The Morgan fingerprint density at radius 1 is 1.04 bits per heavy atom. The van der Waals surface area contributed by atoms with Crippen LogP contribution in [0.3, 0.4) is 0 Å². The molecule has 26 heavy (non-hydrogen) atoms. The van der Waals surface area contributed by atoms with Crippen LogP contribution in [0.2, 0.25) is 0 Å². The second-order valence-electron chi connectivity index (χ2n) is 7.93. The number of rotatable bonds is 3. The van der Waals surface area contributed by atoms with Crippen molar-refractivity contribution in [3.05, 3.63) is 59.2 Å². The minimum absolute atomic E-state index is 0.00908. The maximum Gasteiger partial charge on any atom is 0.410 e. The summed E-state index contributed by atoms with van der Waals surface area (Å²) in [6, 6.07) is 14.1. The highest BCUT2D eigenvalue weighted by atomic mass is 16.6. The predicted molar refractivity (Wildman–Crippen MR) is 103 cm³/mol. The third-order valence-electron chi connectivity index (χ3n) is 4.42. The maximum absolute atomic E-state index is 12.5. The molecule has 138 valence electrons. The third-order valence-corrected chi connectivity index (χ3v) is 4.42. The van der Waals surface area contributed by atoms with Gasteiger partial charge in [0.05, 0.1) is 6.04 Å². The first-order valence-corrected chi connectivity index (χ1v) is 9.07. The lowest BCUT2D eigenvalue weighted by atomic mass is 9.93. The molecule has 1 unspecified atom stereocenters. The molecule has 1 aliphatic rings. The minimum Gasteiger partial charge on any atom is -0.457 e. The lowest BCUT2D eigenvalue weighted by Gasteiger charge is -2.42. The van der Waals surface area contributed by atoms with Crippen LogP contribution in [-0.2, 0) is 4.74 Å². The molecule has 3 rings (SSSR count). The highest BCUT2D eigenvalue weighted by Crippen LogP contribution is 2.41. The van der Waals surface area contributed by atoms with Gasteiger partial charge in [-0.2, -0.15) is 0 Å². The van der Waals surface area contributed by atoms with Crippen LogP contribution in [0.25, 0.3) is 0 Å². The smallest absolute Gasteiger partial charge is 0.410 e. The second kappa shape index (κ2) is 7.02. The third kappa shape index (κ3) is 4.18. The number of aryl methyl sites for hydroxylation is 2. The molecule has 1 atom stereocenters. The zero-order valence-electron chi connectivity index (χ0n) is 16.2. The van der Waals surface area contributed by atoms with E-state index in [0.29, 0.717) is 6.54 Å². The molecule has 1 fully saturated rings. The normalized spacial score (nSPS) is 16.8. The van der Waals surface area contributed by atoms with Crippen molar-refractivity contribution in [3.8, 4) is 11.5 Å². The van der Waals surface area contributed by atoms with Gasteiger partial charge in [-0.25, -0.2) is 4.79 Å². The van der Waals surface area contributed by atoms with Crippen molar-refractivity contribution in [3.63, 3.8) is 0 Å². The Kier molecular flexibility index (Phi) is 4.94. The molecule has 0 saturated carbocycles. The number of nitrogens with zero attached hydrogens (tertiary/aromatic N) is 1. The van der Waals surface area contributed by atoms with Crippen LogP contribution in [0.4, 0.5) is 4.79 Å². The highest BCUT2D eigenvalue weighted by molar-refractivity contribution is 5.70. The van der Waals surface area contributed by atoms with E-state index in [-0.39, 0.29) is 12.1 Å². The van der Waals surface area contributed by atoms with Crippen LogP contribution in [0.1, 0.15) is 49.9 Å². The Balaban J connectivity index is 1.84. The Hall–Kier alpha value is -2.49. The molecule has 2 aromatic carbocycles. The van der Waals surface area contributed by atoms with E-state index in [0.717, 1.165) is 29.0 Å². The molecule has 0 aliphatic carbocycles. The maximum atomic E-state index is 12.5. The summed E-state index contributed by atoms with van der Waals surface area (Å²) in [6.45, 7) is 10.5. The van der Waals surface area contributed by atoms with E-state index in [1.807, 2.05) is 64.1 Å². The van der Waals surface area contributed by atoms with E-state index in [1.54, 1.807) is 4.90 Å². The van der Waals surface area contributed by atoms with Crippen molar-refractivity contribution in [2.24, 2.45) is 0 Å². The molecule has 0 spiro atoms. The van der Waals surface area contributed by atoms with Crippen molar-refractivity contribution in [1.82, 2.24) is 4.90 Å². The van der Waals surface area contributed by atoms with E-state index < -0.39 is 5.60 Å². The van der Waals surface area contributed by atoms with E-state index >= 15 is 0 Å². The number of hydrogen-bond acceptors (Lipinski definition) is 3. The standard InChI is InChI=1S/C22H27NO3/c1-15-6-9-17(10-7-15)25-20-11-8-16(2)14-18(20)19-12-13-23(19)21(24)26-22(3,4)5/h6-11,14,19H,12-13H2,1-5H3. The Labute approximate surface area is 155 Å². The highest BCUT2D eigenvalue weighted by Gasteiger charge is 2.37. The number of hydrogen-bond donors (Lipinski definition) is 0. The topological polar surface area (TPSA) is 38.8 Å². The van der Waals surface area contributed by atoms with Crippen molar-refractivity contribution < 1.29 is 14.3 Å². The van der Waals surface area contributed by atoms with Gasteiger partial charge in [0.25, 0.3) is 0 Å². The lowest BCUT2D eigenvalue weighted by Crippen LogP contribution is -2.47. The molecular weight excluding hydrogens is 326 g/mol. The van der Waals surface area contributed by atoms with Gasteiger partial charge in [-0.1, -0.05) is 35.4 Å². The fourth-order valence-electron chi connectivity index (χ4n) is 3.00. The van der Waals surface area contributed by atoms with Crippen LogP contribution in [0, 0.1) is 13.8 Å². The Morgan fingerprint density at radius 3 is 2.27 bits per heavy atom. The van der Waals surface area contributed by atoms with Gasteiger partial charge >= 0.3 is 6.09 Å². The molecule has 0 bridgehead atoms. The summed E-state index contributed by atoms with van der Waals surface area (Å²) in [5, 5.41) is 0. The molecule has 4 heteroatoms. The van der Waals surface area contributed by atoms with Crippen molar-refractivity contribution >= 4 is 6.09 Å². The molecule has 1 heterocycles. The quantitative estimate of drug-likeness (QED) is 0.702. The fourth-order valence-corrected chi connectivity index (χ4v) is 3.00. The van der Waals surface area contributed by atoms with Crippen LogP contribution in [0.5, 0.6) is 11.5 Å². The van der Waals surface area contributed by atoms with E-state index in [4.69, 9.17) is 9.47 Å². The second-order valence-corrected chi connectivity index (χ2v) is 7.93. The summed E-state index contributed by atoms with van der Waals surface area (Å²) in [6.07, 6.45) is 0.643. The number of ether oxygens (including phenoxy) is 2. The minimum atomic E-state index is -0.495. The monoisotopic (exact) mass is 353 g/mol. The Morgan fingerprint density at radius 2 is 1.69 bits per heavy atom. The van der Waals surface area contributed by atoms with E-state index in [2.05, 4.69) is 13.0 Å². The average Bonchev–Trinajstić information content (AvgIpc) is 2.49. The van der Waals surface area contributed by atoms with Gasteiger partial charge in [0.1, 0.15) is 17.1 Å². The summed E-state index contributed by atoms with van der Waals surface area (Å²) in [4.78, 5) is 14.3. The van der Waals surface area contributed by atoms with Gasteiger partial charge in [-0.15, -0.1) is 0 Å². The summed E-state index contributed by atoms with van der Waals surface area (Å²) >= 11 is 0. The molecular formula is C22H27NO3. The van der Waals surface area contributed by atoms with Gasteiger partial charge in [-0.05, 0) is 59.2 Å². The summed E-state index contributed by atoms with van der Waals surface area (Å²) in [5.74, 6) is 1.58.